The van der Waals surface area contributed by atoms with Crippen LogP contribution in [0.15, 0.2) is 42.5 Å². The number of fused-ring (bicyclic) bond motifs is 2. The van der Waals surface area contributed by atoms with Crippen LogP contribution < -0.4 is 0 Å². The van der Waals surface area contributed by atoms with Crippen LogP contribution in [-0.2, 0) is 12.8 Å². The van der Waals surface area contributed by atoms with E-state index in [0.717, 1.165) is 24.0 Å². The Morgan fingerprint density at radius 3 is 2.41 bits per heavy atom. The molecule has 84 valence electrons. The van der Waals surface area contributed by atoms with E-state index in [1.807, 2.05) is 24.3 Å². The summed E-state index contributed by atoms with van der Waals surface area (Å²) in [7, 11) is 0. The molecule has 1 nitrogen and oxygen atoms in total. The number of rotatable bonds is 0. The van der Waals surface area contributed by atoms with E-state index in [0.29, 0.717) is 11.1 Å². The molecule has 0 saturated heterocycles. The van der Waals surface area contributed by atoms with Crippen molar-refractivity contribution >= 4 is 5.78 Å². The minimum absolute atomic E-state index is 0.0624. The van der Waals surface area contributed by atoms with Crippen molar-refractivity contribution in [2.24, 2.45) is 0 Å². The highest BCUT2D eigenvalue weighted by molar-refractivity contribution is 6.11. The molecule has 0 aliphatic heterocycles. The third-order valence-electron chi connectivity index (χ3n) is 3.24. The van der Waals surface area contributed by atoms with Gasteiger partial charge >= 0.3 is 0 Å². The molecule has 17 heavy (non-hydrogen) atoms. The maximum absolute atomic E-state index is 13.2. The Labute approximate surface area is 98.9 Å². The molecule has 3 rings (SSSR count). The molecule has 0 bridgehead atoms. The van der Waals surface area contributed by atoms with Crippen molar-refractivity contribution in [3.05, 3.63) is 70.5 Å². The van der Waals surface area contributed by atoms with Gasteiger partial charge in [0.15, 0.2) is 5.78 Å². The Morgan fingerprint density at radius 1 is 0.882 bits per heavy atom. The van der Waals surface area contributed by atoms with Gasteiger partial charge in [0.05, 0.1) is 0 Å². The van der Waals surface area contributed by atoms with E-state index in [-0.39, 0.29) is 11.6 Å². The number of ketones is 1. The zero-order valence-corrected chi connectivity index (χ0v) is 9.24. The fourth-order valence-corrected chi connectivity index (χ4v) is 2.35. The van der Waals surface area contributed by atoms with Crippen LogP contribution in [0.4, 0.5) is 4.39 Å². The number of hydrogen-bond acceptors (Lipinski definition) is 1. The second-order valence-corrected chi connectivity index (χ2v) is 4.29. The van der Waals surface area contributed by atoms with Crippen LogP contribution in [0.2, 0.25) is 0 Å². The lowest BCUT2D eigenvalue weighted by molar-refractivity contribution is 0.103. The Bertz CT molecular complexity index is 602. The first-order valence-electron chi connectivity index (χ1n) is 5.67. The van der Waals surface area contributed by atoms with E-state index in [1.54, 1.807) is 6.07 Å². The van der Waals surface area contributed by atoms with Crippen LogP contribution in [0.1, 0.15) is 27.0 Å². The molecule has 0 fully saturated rings. The van der Waals surface area contributed by atoms with Crippen LogP contribution in [-0.4, -0.2) is 5.78 Å². The van der Waals surface area contributed by atoms with Gasteiger partial charge in [0, 0.05) is 11.1 Å². The molecular formula is C15H11FO. The molecule has 0 saturated carbocycles. The molecule has 0 heterocycles. The number of halogens is 1. The van der Waals surface area contributed by atoms with Crippen molar-refractivity contribution in [1.29, 1.82) is 0 Å². The van der Waals surface area contributed by atoms with Crippen molar-refractivity contribution in [2.45, 2.75) is 12.8 Å². The Balaban J connectivity index is 2.22. The summed E-state index contributed by atoms with van der Waals surface area (Å²) >= 11 is 0. The molecule has 2 aromatic rings. The summed E-state index contributed by atoms with van der Waals surface area (Å²) < 4.78 is 13.2. The van der Waals surface area contributed by atoms with Gasteiger partial charge in [-0.05, 0) is 36.1 Å². The molecule has 0 unspecified atom stereocenters. The van der Waals surface area contributed by atoms with Gasteiger partial charge in [0.2, 0.25) is 0 Å². The molecule has 2 aromatic carbocycles. The normalized spacial score (nSPS) is 13.8. The first-order chi connectivity index (χ1) is 8.25. The summed E-state index contributed by atoms with van der Waals surface area (Å²) in [5.41, 5.74) is 3.20. The predicted molar refractivity (Wildman–Crippen MR) is 63.7 cm³/mol. The molecule has 0 radical (unpaired) electrons. The smallest absolute Gasteiger partial charge is 0.193 e. The zero-order valence-electron chi connectivity index (χ0n) is 9.24. The number of hydrogen-bond donors (Lipinski definition) is 0. The monoisotopic (exact) mass is 226 g/mol. The zero-order chi connectivity index (χ0) is 11.8. The molecule has 0 atom stereocenters. The third kappa shape index (κ3) is 1.66. The second-order valence-electron chi connectivity index (χ2n) is 4.29. The topological polar surface area (TPSA) is 17.1 Å². The molecule has 0 aromatic heterocycles. The van der Waals surface area contributed by atoms with Crippen LogP contribution >= 0.6 is 0 Å². The number of carbonyl (C=O) groups excluding carboxylic acids is 1. The predicted octanol–water partition coefficient (Wildman–Crippen LogP) is 3.16. The van der Waals surface area contributed by atoms with Crippen molar-refractivity contribution in [2.75, 3.05) is 0 Å². The minimum Gasteiger partial charge on any atom is -0.289 e. The van der Waals surface area contributed by atoms with Crippen LogP contribution in [0.3, 0.4) is 0 Å². The Hall–Kier alpha value is -1.96. The standard InChI is InChI=1S/C15H11FO/c16-12-8-7-11-6-5-10-3-1-2-4-13(10)15(17)14(11)9-12/h1-4,7-9H,5-6H2. The number of benzene rings is 2. The number of aryl methyl sites for hydroxylation is 2. The quantitative estimate of drug-likeness (QED) is 0.674. The van der Waals surface area contributed by atoms with Gasteiger partial charge in [0.25, 0.3) is 0 Å². The summed E-state index contributed by atoms with van der Waals surface area (Å²) in [5.74, 6) is -0.413. The van der Waals surface area contributed by atoms with Crippen molar-refractivity contribution in [3.8, 4) is 0 Å². The molecule has 1 aliphatic carbocycles. The Kier molecular flexibility index (Phi) is 2.29. The highest BCUT2D eigenvalue weighted by atomic mass is 19.1. The number of carbonyl (C=O) groups is 1. The maximum atomic E-state index is 13.2. The van der Waals surface area contributed by atoms with Crippen LogP contribution in [0, 0.1) is 5.82 Å². The second kappa shape index (κ2) is 3.81. The van der Waals surface area contributed by atoms with Gasteiger partial charge in [0.1, 0.15) is 5.82 Å². The lowest BCUT2D eigenvalue weighted by Crippen LogP contribution is -2.04. The van der Waals surface area contributed by atoms with E-state index in [9.17, 15) is 9.18 Å². The van der Waals surface area contributed by atoms with Crippen LogP contribution in [0.5, 0.6) is 0 Å². The van der Waals surface area contributed by atoms with E-state index in [4.69, 9.17) is 0 Å². The van der Waals surface area contributed by atoms with Gasteiger partial charge in [-0.15, -0.1) is 0 Å². The molecule has 0 N–H and O–H groups in total. The van der Waals surface area contributed by atoms with E-state index >= 15 is 0 Å². The van der Waals surface area contributed by atoms with Crippen molar-refractivity contribution < 1.29 is 9.18 Å². The lowest BCUT2D eigenvalue weighted by atomic mass is 9.99. The maximum Gasteiger partial charge on any atom is 0.193 e. The van der Waals surface area contributed by atoms with E-state index in [1.165, 1.54) is 12.1 Å². The van der Waals surface area contributed by atoms with Crippen LogP contribution in [0.25, 0.3) is 0 Å². The SMILES string of the molecule is O=C1c2ccccc2CCc2ccc(F)cc21. The Morgan fingerprint density at radius 2 is 1.59 bits per heavy atom. The molecule has 0 spiro atoms. The lowest BCUT2D eigenvalue weighted by Gasteiger charge is -2.04. The first kappa shape index (κ1) is 10.2. The fraction of sp³-hybridized carbons (Fsp3) is 0.133. The summed E-state index contributed by atoms with van der Waals surface area (Å²) in [5, 5.41) is 0. The largest absolute Gasteiger partial charge is 0.289 e. The van der Waals surface area contributed by atoms with Gasteiger partial charge in [-0.3, -0.25) is 4.79 Å². The third-order valence-corrected chi connectivity index (χ3v) is 3.24. The van der Waals surface area contributed by atoms with Gasteiger partial charge in [-0.2, -0.15) is 0 Å². The summed E-state index contributed by atoms with van der Waals surface area (Å²) in [6.45, 7) is 0. The van der Waals surface area contributed by atoms with Gasteiger partial charge in [-0.1, -0.05) is 30.3 Å². The highest BCUT2D eigenvalue weighted by Gasteiger charge is 2.20. The summed E-state index contributed by atoms with van der Waals surface area (Å²) in [4.78, 5) is 12.3. The van der Waals surface area contributed by atoms with Gasteiger partial charge in [-0.25, -0.2) is 4.39 Å². The molecule has 1 aliphatic rings. The van der Waals surface area contributed by atoms with E-state index < -0.39 is 0 Å². The fourth-order valence-electron chi connectivity index (χ4n) is 2.35. The molecule has 0 amide bonds. The van der Waals surface area contributed by atoms with Gasteiger partial charge < -0.3 is 0 Å². The summed E-state index contributed by atoms with van der Waals surface area (Å²) in [6.07, 6.45) is 1.62. The van der Waals surface area contributed by atoms with Crippen molar-refractivity contribution in [3.63, 3.8) is 0 Å². The average Bonchev–Trinajstić information content (AvgIpc) is 2.49. The van der Waals surface area contributed by atoms with Crippen molar-refractivity contribution in [1.82, 2.24) is 0 Å². The first-order valence-corrected chi connectivity index (χ1v) is 5.67. The average molecular weight is 226 g/mol. The summed E-state index contributed by atoms with van der Waals surface area (Å²) in [6, 6.07) is 12.0. The molecular weight excluding hydrogens is 215 g/mol. The molecule has 2 heteroatoms. The highest BCUT2D eigenvalue weighted by Crippen LogP contribution is 2.24. The minimum atomic E-state index is -0.350. The van der Waals surface area contributed by atoms with E-state index in [2.05, 4.69) is 0 Å².